The van der Waals surface area contributed by atoms with Crippen molar-refractivity contribution in [2.75, 3.05) is 30.4 Å². The molecule has 6 heteroatoms. The van der Waals surface area contributed by atoms with Gasteiger partial charge in [-0.3, -0.25) is 0 Å². The van der Waals surface area contributed by atoms with E-state index in [9.17, 15) is 5.26 Å². The highest BCUT2D eigenvalue weighted by Gasteiger charge is 2.26. The molecule has 6 nitrogen and oxygen atoms in total. The molecule has 1 aromatic heterocycles. The fourth-order valence-corrected chi connectivity index (χ4v) is 2.92. The van der Waals surface area contributed by atoms with Crippen molar-refractivity contribution in [3.05, 3.63) is 47.2 Å². The number of nitrogens with two attached hydrogens (primary N) is 1. The maximum absolute atomic E-state index is 9.41. The minimum Gasteiger partial charge on any atom is -0.379 e. The van der Waals surface area contributed by atoms with Crippen LogP contribution in [0.2, 0.25) is 0 Å². The molecule has 1 aromatic carbocycles. The number of anilines is 2. The van der Waals surface area contributed by atoms with Crippen LogP contribution in [0.3, 0.4) is 0 Å². The maximum atomic E-state index is 9.41. The molecule has 3 rings (SSSR count). The lowest BCUT2D eigenvalue weighted by Crippen LogP contribution is -2.32. The monoisotopic (exact) mass is 309 g/mol. The average molecular weight is 309 g/mol. The third-order valence-electron chi connectivity index (χ3n) is 3.93. The molecule has 118 valence electrons. The SMILES string of the molecule is Cc1cc(N2CCCOCC2c2ccccc2C#N)nc(N)n1. The van der Waals surface area contributed by atoms with Gasteiger partial charge in [0.25, 0.3) is 0 Å². The van der Waals surface area contributed by atoms with Crippen molar-refractivity contribution < 1.29 is 4.74 Å². The lowest BCUT2D eigenvalue weighted by Gasteiger charge is -2.31. The van der Waals surface area contributed by atoms with Crippen LogP contribution in [0.25, 0.3) is 0 Å². The maximum Gasteiger partial charge on any atom is 0.222 e. The Labute approximate surface area is 135 Å². The quantitative estimate of drug-likeness (QED) is 0.915. The first-order valence-corrected chi connectivity index (χ1v) is 7.63. The fourth-order valence-electron chi connectivity index (χ4n) is 2.92. The number of benzene rings is 1. The van der Waals surface area contributed by atoms with E-state index in [0.29, 0.717) is 18.8 Å². The number of aromatic nitrogens is 2. The molecule has 1 fully saturated rings. The Morgan fingerprint density at radius 1 is 1.35 bits per heavy atom. The molecule has 1 saturated heterocycles. The lowest BCUT2D eigenvalue weighted by atomic mass is 10.00. The van der Waals surface area contributed by atoms with E-state index < -0.39 is 0 Å². The second-order valence-electron chi connectivity index (χ2n) is 5.56. The van der Waals surface area contributed by atoms with E-state index in [0.717, 1.165) is 30.0 Å². The summed E-state index contributed by atoms with van der Waals surface area (Å²) >= 11 is 0. The van der Waals surface area contributed by atoms with Crippen LogP contribution in [0.4, 0.5) is 11.8 Å². The zero-order chi connectivity index (χ0) is 16.2. The van der Waals surface area contributed by atoms with Gasteiger partial charge in [-0.05, 0) is 25.0 Å². The van der Waals surface area contributed by atoms with Gasteiger partial charge in [-0.2, -0.15) is 10.2 Å². The van der Waals surface area contributed by atoms with Crippen LogP contribution < -0.4 is 10.6 Å². The average Bonchev–Trinajstić information content (AvgIpc) is 2.79. The van der Waals surface area contributed by atoms with Gasteiger partial charge in [-0.25, -0.2) is 4.98 Å². The molecule has 2 N–H and O–H groups in total. The van der Waals surface area contributed by atoms with Gasteiger partial charge in [-0.1, -0.05) is 18.2 Å². The summed E-state index contributed by atoms with van der Waals surface area (Å²) in [7, 11) is 0. The van der Waals surface area contributed by atoms with Gasteiger partial charge in [0.05, 0.1) is 24.3 Å². The molecule has 1 aliphatic rings. The molecule has 0 radical (unpaired) electrons. The number of rotatable bonds is 2. The van der Waals surface area contributed by atoms with Crippen molar-refractivity contribution in [1.29, 1.82) is 5.26 Å². The Morgan fingerprint density at radius 2 is 2.17 bits per heavy atom. The Hall–Kier alpha value is -2.65. The number of nitrogen functional groups attached to an aromatic ring is 1. The Bertz CT molecular complexity index is 720. The Balaban J connectivity index is 2.06. The van der Waals surface area contributed by atoms with Gasteiger partial charge in [0, 0.05) is 24.9 Å². The van der Waals surface area contributed by atoms with E-state index in [1.54, 1.807) is 0 Å². The molecule has 0 amide bonds. The lowest BCUT2D eigenvalue weighted by molar-refractivity contribution is 0.134. The second-order valence-corrected chi connectivity index (χ2v) is 5.56. The van der Waals surface area contributed by atoms with Gasteiger partial charge in [0.2, 0.25) is 5.95 Å². The minimum absolute atomic E-state index is 0.0675. The molecule has 23 heavy (non-hydrogen) atoms. The van der Waals surface area contributed by atoms with Crippen LogP contribution in [-0.2, 0) is 4.74 Å². The van der Waals surface area contributed by atoms with Gasteiger partial charge < -0.3 is 15.4 Å². The van der Waals surface area contributed by atoms with Crippen molar-refractivity contribution in [1.82, 2.24) is 9.97 Å². The Morgan fingerprint density at radius 3 is 2.96 bits per heavy atom. The largest absolute Gasteiger partial charge is 0.379 e. The van der Waals surface area contributed by atoms with E-state index >= 15 is 0 Å². The van der Waals surface area contributed by atoms with Crippen molar-refractivity contribution in [2.24, 2.45) is 0 Å². The molecule has 2 heterocycles. The molecule has 1 aliphatic heterocycles. The number of hydrogen-bond acceptors (Lipinski definition) is 6. The molecule has 1 atom stereocenters. The number of ether oxygens (including phenoxy) is 1. The molecule has 1 unspecified atom stereocenters. The van der Waals surface area contributed by atoms with E-state index in [4.69, 9.17) is 10.5 Å². The molecule has 2 aromatic rings. The van der Waals surface area contributed by atoms with Crippen molar-refractivity contribution in [2.45, 2.75) is 19.4 Å². The van der Waals surface area contributed by atoms with E-state index in [1.807, 2.05) is 37.3 Å². The van der Waals surface area contributed by atoms with Crippen LogP contribution in [-0.4, -0.2) is 29.7 Å². The van der Waals surface area contributed by atoms with Gasteiger partial charge in [-0.15, -0.1) is 0 Å². The molecule has 0 saturated carbocycles. The van der Waals surface area contributed by atoms with Crippen LogP contribution in [0.15, 0.2) is 30.3 Å². The van der Waals surface area contributed by atoms with Gasteiger partial charge >= 0.3 is 0 Å². The summed E-state index contributed by atoms with van der Waals surface area (Å²) in [6.07, 6.45) is 0.897. The van der Waals surface area contributed by atoms with Crippen molar-refractivity contribution >= 4 is 11.8 Å². The number of nitrogens with zero attached hydrogens (tertiary/aromatic N) is 4. The van der Waals surface area contributed by atoms with Gasteiger partial charge in [0.15, 0.2) is 0 Å². The smallest absolute Gasteiger partial charge is 0.222 e. The summed E-state index contributed by atoms with van der Waals surface area (Å²) in [5.74, 6) is 1.04. The highest BCUT2D eigenvalue weighted by molar-refractivity contribution is 5.49. The number of nitriles is 1. The first-order chi connectivity index (χ1) is 11.2. The van der Waals surface area contributed by atoms with Gasteiger partial charge in [0.1, 0.15) is 5.82 Å². The van der Waals surface area contributed by atoms with E-state index in [1.165, 1.54) is 0 Å². The highest BCUT2D eigenvalue weighted by Crippen LogP contribution is 2.30. The van der Waals surface area contributed by atoms with Crippen LogP contribution in [0, 0.1) is 18.3 Å². The summed E-state index contributed by atoms with van der Waals surface area (Å²) in [6.45, 7) is 3.90. The fraction of sp³-hybridized carbons (Fsp3) is 0.353. The van der Waals surface area contributed by atoms with Crippen LogP contribution in [0.5, 0.6) is 0 Å². The van der Waals surface area contributed by atoms with E-state index in [-0.39, 0.29) is 12.0 Å². The first kappa shape index (κ1) is 15.3. The highest BCUT2D eigenvalue weighted by atomic mass is 16.5. The van der Waals surface area contributed by atoms with E-state index in [2.05, 4.69) is 20.9 Å². The standard InChI is InChI=1S/C17H19N5O/c1-12-9-16(21-17(19)20-12)22-7-4-8-23-11-15(22)14-6-3-2-5-13(14)10-18/h2-3,5-6,9,15H,4,7-8,11H2,1H3,(H2,19,20,21). The normalized spacial score (nSPS) is 18.3. The topological polar surface area (TPSA) is 88.1 Å². The van der Waals surface area contributed by atoms with Crippen molar-refractivity contribution in [3.63, 3.8) is 0 Å². The minimum atomic E-state index is -0.0675. The second kappa shape index (κ2) is 6.63. The summed E-state index contributed by atoms with van der Waals surface area (Å²) in [5.41, 5.74) is 8.25. The third kappa shape index (κ3) is 3.25. The van der Waals surface area contributed by atoms with Crippen LogP contribution in [0.1, 0.15) is 29.3 Å². The zero-order valence-corrected chi connectivity index (χ0v) is 13.1. The molecule has 0 aliphatic carbocycles. The summed E-state index contributed by atoms with van der Waals surface area (Å²) < 4.78 is 5.75. The first-order valence-electron chi connectivity index (χ1n) is 7.63. The molecular weight excluding hydrogens is 290 g/mol. The third-order valence-corrected chi connectivity index (χ3v) is 3.93. The zero-order valence-electron chi connectivity index (χ0n) is 13.1. The van der Waals surface area contributed by atoms with Crippen LogP contribution >= 0.6 is 0 Å². The summed E-state index contributed by atoms with van der Waals surface area (Å²) in [4.78, 5) is 10.7. The molecular formula is C17H19N5O. The molecule has 0 bridgehead atoms. The number of hydrogen-bond donors (Lipinski definition) is 1. The predicted molar refractivity (Wildman–Crippen MR) is 87.9 cm³/mol. The van der Waals surface area contributed by atoms with Crippen molar-refractivity contribution in [3.8, 4) is 6.07 Å². The predicted octanol–water partition coefficient (Wildman–Crippen LogP) is 2.21. The number of aryl methyl sites for hydroxylation is 1. The summed E-state index contributed by atoms with van der Waals surface area (Å²) in [5, 5.41) is 9.41. The Kier molecular flexibility index (Phi) is 4.40. The molecule has 0 spiro atoms. The summed E-state index contributed by atoms with van der Waals surface area (Å²) in [6, 6.07) is 11.7.